The molecule has 0 unspecified atom stereocenters. The molecular formula is C7H7ClN2O2. The molecule has 1 aromatic carbocycles. The minimum atomic E-state index is -0.492. The molecule has 0 bridgehead atoms. The van der Waals surface area contributed by atoms with Crippen LogP contribution in [0.3, 0.4) is 0 Å². The summed E-state index contributed by atoms with van der Waals surface area (Å²) in [6, 6.07) is 4.50. The highest BCUT2D eigenvalue weighted by molar-refractivity contribution is 6.17. The fraction of sp³-hybridized carbons (Fsp3) is 0.143. The van der Waals surface area contributed by atoms with E-state index in [0.717, 1.165) is 0 Å². The number of nitrogens with two attached hydrogens (primary N) is 1. The van der Waals surface area contributed by atoms with Gasteiger partial charge in [0.15, 0.2) is 0 Å². The largest absolute Gasteiger partial charge is 0.398 e. The second kappa shape index (κ2) is 3.40. The number of nitro benzene ring substituents is 1. The first-order chi connectivity index (χ1) is 5.66. The van der Waals surface area contributed by atoms with Crippen LogP contribution in [0.1, 0.15) is 5.56 Å². The quantitative estimate of drug-likeness (QED) is 0.332. The standard InChI is InChI=1S/C7H7ClN2O2/c8-4-5-6(9)2-1-3-7(5)10(11)12/h1-3H,4,9H2. The van der Waals surface area contributed by atoms with Crippen LogP contribution in [-0.2, 0) is 5.88 Å². The summed E-state index contributed by atoms with van der Waals surface area (Å²) in [6.07, 6.45) is 0. The molecule has 0 atom stereocenters. The van der Waals surface area contributed by atoms with Gasteiger partial charge in [-0.15, -0.1) is 11.6 Å². The number of nitrogens with zero attached hydrogens (tertiary/aromatic N) is 1. The van der Waals surface area contributed by atoms with Crippen LogP contribution in [-0.4, -0.2) is 4.92 Å². The molecule has 0 aromatic heterocycles. The normalized spacial score (nSPS) is 9.75. The van der Waals surface area contributed by atoms with E-state index in [1.165, 1.54) is 12.1 Å². The highest BCUT2D eigenvalue weighted by Crippen LogP contribution is 2.25. The van der Waals surface area contributed by atoms with E-state index < -0.39 is 4.92 Å². The Labute approximate surface area is 74.1 Å². The number of benzene rings is 1. The van der Waals surface area contributed by atoms with Crippen LogP contribution in [0.5, 0.6) is 0 Å². The van der Waals surface area contributed by atoms with Crippen LogP contribution >= 0.6 is 11.6 Å². The summed E-state index contributed by atoms with van der Waals surface area (Å²) < 4.78 is 0. The first kappa shape index (κ1) is 8.80. The van der Waals surface area contributed by atoms with Crippen molar-refractivity contribution in [2.75, 3.05) is 5.73 Å². The number of hydrogen-bond donors (Lipinski definition) is 1. The van der Waals surface area contributed by atoms with Crippen molar-refractivity contribution in [3.05, 3.63) is 33.9 Å². The minimum Gasteiger partial charge on any atom is -0.398 e. The molecular weight excluding hydrogens is 180 g/mol. The summed E-state index contributed by atoms with van der Waals surface area (Å²) >= 11 is 5.50. The van der Waals surface area contributed by atoms with Crippen LogP contribution in [0, 0.1) is 10.1 Å². The second-order valence-corrected chi connectivity index (χ2v) is 2.50. The van der Waals surface area contributed by atoms with Gasteiger partial charge in [-0.05, 0) is 6.07 Å². The molecule has 0 aliphatic rings. The monoisotopic (exact) mass is 186 g/mol. The minimum absolute atomic E-state index is 0.0231. The SMILES string of the molecule is Nc1cccc([N+](=O)[O-])c1CCl. The average molecular weight is 187 g/mol. The van der Waals surface area contributed by atoms with Gasteiger partial charge in [-0.25, -0.2) is 0 Å². The number of alkyl halides is 1. The van der Waals surface area contributed by atoms with Gasteiger partial charge in [0.1, 0.15) is 0 Å². The Hall–Kier alpha value is -1.29. The zero-order valence-electron chi connectivity index (χ0n) is 6.16. The third-order valence-corrected chi connectivity index (χ3v) is 1.79. The smallest absolute Gasteiger partial charge is 0.275 e. The summed E-state index contributed by atoms with van der Waals surface area (Å²) in [6.45, 7) is 0. The summed E-state index contributed by atoms with van der Waals surface area (Å²) in [4.78, 5) is 9.93. The molecule has 5 heteroatoms. The van der Waals surface area contributed by atoms with Crippen LogP contribution in [0.15, 0.2) is 18.2 Å². The molecule has 12 heavy (non-hydrogen) atoms. The van der Waals surface area contributed by atoms with Gasteiger partial charge < -0.3 is 5.73 Å². The van der Waals surface area contributed by atoms with Crippen LogP contribution in [0.2, 0.25) is 0 Å². The zero-order valence-corrected chi connectivity index (χ0v) is 6.91. The maximum atomic E-state index is 10.4. The lowest BCUT2D eigenvalue weighted by Crippen LogP contribution is -1.98. The Kier molecular flexibility index (Phi) is 2.50. The topological polar surface area (TPSA) is 69.2 Å². The molecule has 0 fully saturated rings. The van der Waals surface area contributed by atoms with Crippen molar-refractivity contribution in [3.8, 4) is 0 Å². The van der Waals surface area contributed by atoms with Gasteiger partial charge in [-0.3, -0.25) is 10.1 Å². The first-order valence-corrected chi connectivity index (χ1v) is 3.78. The molecule has 4 nitrogen and oxygen atoms in total. The molecule has 0 saturated carbocycles. The Morgan fingerprint density at radius 3 is 2.67 bits per heavy atom. The number of hydrogen-bond acceptors (Lipinski definition) is 3. The van der Waals surface area contributed by atoms with Gasteiger partial charge in [0, 0.05) is 11.8 Å². The fourth-order valence-corrected chi connectivity index (χ4v) is 1.20. The number of anilines is 1. The summed E-state index contributed by atoms with van der Waals surface area (Å²) in [5.74, 6) is 0.0585. The van der Waals surface area contributed by atoms with E-state index in [9.17, 15) is 10.1 Å². The van der Waals surface area contributed by atoms with Crippen molar-refractivity contribution in [2.24, 2.45) is 0 Å². The van der Waals surface area contributed by atoms with Crippen LogP contribution < -0.4 is 5.73 Å². The Morgan fingerprint density at radius 2 is 2.25 bits per heavy atom. The summed E-state index contributed by atoms with van der Waals surface area (Å²) in [5.41, 5.74) is 6.20. The Balaban J connectivity index is 3.27. The maximum absolute atomic E-state index is 10.4. The van der Waals surface area contributed by atoms with Gasteiger partial charge in [0.05, 0.1) is 16.4 Å². The van der Waals surface area contributed by atoms with E-state index in [2.05, 4.69) is 0 Å². The van der Waals surface area contributed by atoms with Crippen molar-refractivity contribution >= 4 is 23.0 Å². The summed E-state index contributed by atoms with van der Waals surface area (Å²) in [5, 5.41) is 10.4. The number of rotatable bonds is 2. The third kappa shape index (κ3) is 1.48. The molecule has 1 aromatic rings. The van der Waals surface area contributed by atoms with Gasteiger partial charge in [0.2, 0.25) is 0 Å². The van der Waals surface area contributed by atoms with Crippen molar-refractivity contribution in [2.45, 2.75) is 5.88 Å². The predicted octanol–water partition coefficient (Wildman–Crippen LogP) is 1.92. The van der Waals surface area contributed by atoms with Gasteiger partial charge in [0.25, 0.3) is 5.69 Å². The Morgan fingerprint density at radius 1 is 1.58 bits per heavy atom. The number of nitrogen functional groups attached to an aromatic ring is 1. The van der Waals surface area contributed by atoms with E-state index in [1.807, 2.05) is 0 Å². The molecule has 0 spiro atoms. The van der Waals surface area contributed by atoms with E-state index in [4.69, 9.17) is 17.3 Å². The zero-order chi connectivity index (χ0) is 9.14. The highest BCUT2D eigenvalue weighted by Gasteiger charge is 2.13. The van der Waals surface area contributed by atoms with Crippen LogP contribution in [0.4, 0.5) is 11.4 Å². The lowest BCUT2D eigenvalue weighted by atomic mass is 10.1. The van der Waals surface area contributed by atoms with E-state index in [0.29, 0.717) is 11.3 Å². The molecule has 2 N–H and O–H groups in total. The van der Waals surface area contributed by atoms with E-state index in [1.54, 1.807) is 6.07 Å². The molecule has 0 aliphatic carbocycles. The van der Waals surface area contributed by atoms with Crippen molar-refractivity contribution in [3.63, 3.8) is 0 Å². The van der Waals surface area contributed by atoms with Crippen LogP contribution in [0.25, 0.3) is 0 Å². The molecule has 0 heterocycles. The number of halogens is 1. The molecule has 1 rings (SSSR count). The average Bonchev–Trinajstić information content (AvgIpc) is 2.03. The lowest BCUT2D eigenvalue weighted by Gasteiger charge is -2.01. The second-order valence-electron chi connectivity index (χ2n) is 2.24. The van der Waals surface area contributed by atoms with Crippen molar-refractivity contribution < 1.29 is 4.92 Å². The lowest BCUT2D eigenvalue weighted by molar-refractivity contribution is -0.385. The van der Waals surface area contributed by atoms with Crippen molar-refractivity contribution in [1.82, 2.24) is 0 Å². The molecule has 0 aliphatic heterocycles. The van der Waals surface area contributed by atoms with E-state index in [-0.39, 0.29) is 11.6 Å². The van der Waals surface area contributed by atoms with Gasteiger partial charge in [-0.2, -0.15) is 0 Å². The van der Waals surface area contributed by atoms with Gasteiger partial charge in [-0.1, -0.05) is 6.07 Å². The Bertz CT molecular complexity index is 314. The summed E-state index contributed by atoms with van der Waals surface area (Å²) in [7, 11) is 0. The molecule has 0 radical (unpaired) electrons. The first-order valence-electron chi connectivity index (χ1n) is 3.24. The van der Waals surface area contributed by atoms with Crippen molar-refractivity contribution in [1.29, 1.82) is 0 Å². The third-order valence-electron chi connectivity index (χ3n) is 1.52. The predicted molar refractivity (Wildman–Crippen MR) is 47.1 cm³/mol. The highest BCUT2D eigenvalue weighted by atomic mass is 35.5. The number of nitro groups is 1. The van der Waals surface area contributed by atoms with Gasteiger partial charge >= 0.3 is 0 Å². The van der Waals surface area contributed by atoms with E-state index >= 15 is 0 Å². The maximum Gasteiger partial charge on any atom is 0.275 e. The molecule has 0 amide bonds. The fourth-order valence-electron chi connectivity index (χ4n) is 0.909. The molecule has 64 valence electrons. The molecule has 0 saturated heterocycles.